The fourth-order valence-corrected chi connectivity index (χ4v) is 1.60. The summed E-state index contributed by atoms with van der Waals surface area (Å²) in [6.07, 6.45) is 7.17. The first-order valence-corrected chi connectivity index (χ1v) is 4.74. The van der Waals surface area contributed by atoms with Gasteiger partial charge in [-0.05, 0) is 30.9 Å². The maximum Gasteiger partial charge on any atom is 0.118 e. The number of aliphatic imine (C=N–C) groups is 1. The number of fused-ring (bicyclic) bond motifs is 1. The Morgan fingerprint density at radius 1 is 1.77 bits per heavy atom. The van der Waals surface area contributed by atoms with Crippen molar-refractivity contribution < 1.29 is 0 Å². The van der Waals surface area contributed by atoms with Crippen molar-refractivity contribution in [3.8, 4) is 6.07 Å². The molecule has 2 aliphatic carbocycles. The second-order valence-corrected chi connectivity index (χ2v) is 3.50. The van der Waals surface area contributed by atoms with Gasteiger partial charge in [0.2, 0.25) is 0 Å². The molecule has 2 aliphatic rings. The number of nitriles is 1. The number of rotatable bonds is 3. The molecule has 13 heavy (non-hydrogen) atoms. The molecule has 0 spiro atoms. The van der Waals surface area contributed by atoms with Crippen LogP contribution in [0.2, 0.25) is 0 Å². The molecule has 0 aliphatic heterocycles. The minimum Gasteiger partial charge on any atom is -0.242 e. The molecule has 0 aromatic heterocycles. The molecule has 0 aromatic rings. The van der Waals surface area contributed by atoms with Crippen LogP contribution in [0.1, 0.15) is 26.2 Å². The lowest BCUT2D eigenvalue weighted by Gasteiger charge is -1.94. The van der Waals surface area contributed by atoms with Gasteiger partial charge >= 0.3 is 0 Å². The molecular weight excluding hydrogens is 160 g/mol. The monoisotopic (exact) mass is 172 g/mol. The SMILES string of the molecule is CCC/C(C#N)=N\C1=C2CC2C=C1. The Hall–Kier alpha value is -1.36. The van der Waals surface area contributed by atoms with E-state index in [2.05, 4.69) is 24.1 Å². The molecular formula is C11H12N2. The molecule has 0 N–H and O–H groups in total. The maximum atomic E-state index is 8.79. The Balaban J connectivity index is 2.15. The van der Waals surface area contributed by atoms with E-state index in [-0.39, 0.29) is 0 Å². The number of hydrogen-bond acceptors (Lipinski definition) is 2. The van der Waals surface area contributed by atoms with Gasteiger partial charge in [0, 0.05) is 5.92 Å². The summed E-state index contributed by atoms with van der Waals surface area (Å²) in [6, 6.07) is 2.15. The van der Waals surface area contributed by atoms with Crippen molar-refractivity contribution >= 4 is 5.71 Å². The topological polar surface area (TPSA) is 36.1 Å². The zero-order valence-electron chi connectivity index (χ0n) is 7.75. The van der Waals surface area contributed by atoms with Crippen molar-refractivity contribution in [2.75, 3.05) is 0 Å². The van der Waals surface area contributed by atoms with Crippen molar-refractivity contribution in [1.82, 2.24) is 0 Å². The molecule has 0 aromatic carbocycles. The quantitative estimate of drug-likeness (QED) is 0.603. The van der Waals surface area contributed by atoms with Crippen LogP contribution in [0.3, 0.4) is 0 Å². The van der Waals surface area contributed by atoms with Crippen LogP contribution in [0, 0.1) is 17.2 Å². The molecule has 1 atom stereocenters. The van der Waals surface area contributed by atoms with Gasteiger partial charge in [0.05, 0.1) is 5.70 Å². The van der Waals surface area contributed by atoms with Crippen molar-refractivity contribution in [3.63, 3.8) is 0 Å². The van der Waals surface area contributed by atoms with Crippen LogP contribution in [0.15, 0.2) is 28.4 Å². The third-order valence-corrected chi connectivity index (χ3v) is 2.41. The second kappa shape index (κ2) is 3.18. The van der Waals surface area contributed by atoms with E-state index in [9.17, 15) is 0 Å². The predicted octanol–water partition coefficient (Wildman–Crippen LogP) is 2.59. The normalized spacial score (nSPS) is 24.6. The summed E-state index contributed by atoms with van der Waals surface area (Å²) in [5, 5.41) is 8.79. The fourth-order valence-electron chi connectivity index (χ4n) is 1.60. The van der Waals surface area contributed by atoms with Crippen LogP contribution >= 0.6 is 0 Å². The Bertz CT molecular complexity index is 353. The van der Waals surface area contributed by atoms with E-state index < -0.39 is 0 Å². The van der Waals surface area contributed by atoms with Crippen LogP contribution < -0.4 is 0 Å². The fraction of sp³-hybridized carbons (Fsp3) is 0.455. The zero-order chi connectivity index (χ0) is 9.26. The number of allylic oxidation sites excluding steroid dienone is 3. The van der Waals surface area contributed by atoms with E-state index >= 15 is 0 Å². The third kappa shape index (κ3) is 1.55. The van der Waals surface area contributed by atoms with Crippen LogP contribution in [-0.2, 0) is 0 Å². The highest BCUT2D eigenvalue weighted by atomic mass is 14.8. The molecule has 2 heteroatoms. The van der Waals surface area contributed by atoms with Crippen molar-refractivity contribution in [2.24, 2.45) is 10.9 Å². The molecule has 0 bridgehead atoms. The highest BCUT2D eigenvalue weighted by Gasteiger charge is 2.33. The van der Waals surface area contributed by atoms with E-state index in [0.717, 1.165) is 18.5 Å². The third-order valence-electron chi connectivity index (χ3n) is 2.41. The molecule has 0 heterocycles. The summed E-state index contributed by atoms with van der Waals surface area (Å²) in [5.41, 5.74) is 3.14. The van der Waals surface area contributed by atoms with Gasteiger partial charge in [-0.25, -0.2) is 4.99 Å². The maximum absolute atomic E-state index is 8.79. The van der Waals surface area contributed by atoms with Crippen LogP contribution in [0.5, 0.6) is 0 Å². The standard InChI is InChI=1S/C11H12N2/c1-2-3-9(7-12)13-11-5-4-8-6-10(8)11/h4-5,8H,2-3,6H2,1H3/b13-9+. The largest absolute Gasteiger partial charge is 0.242 e. The first-order valence-electron chi connectivity index (χ1n) is 4.74. The Morgan fingerprint density at radius 2 is 2.62 bits per heavy atom. The summed E-state index contributed by atoms with van der Waals surface area (Å²) in [4.78, 5) is 4.35. The molecule has 1 saturated carbocycles. The smallest absolute Gasteiger partial charge is 0.118 e. The van der Waals surface area contributed by atoms with Crippen LogP contribution in [0.25, 0.3) is 0 Å². The molecule has 2 rings (SSSR count). The molecule has 0 saturated heterocycles. The Kier molecular flexibility index (Phi) is 2.02. The van der Waals surface area contributed by atoms with Crippen molar-refractivity contribution in [3.05, 3.63) is 23.4 Å². The van der Waals surface area contributed by atoms with Crippen molar-refractivity contribution in [1.29, 1.82) is 5.26 Å². The minimum absolute atomic E-state index is 0.667. The highest BCUT2D eigenvalue weighted by Crippen LogP contribution is 2.46. The summed E-state index contributed by atoms with van der Waals surface area (Å²) in [6.45, 7) is 2.06. The number of hydrogen-bond donors (Lipinski definition) is 0. The molecule has 1 fully saturated rings. The summed E-state index contributed by atoms with van der Waals surface area (Å²) in [7, 11) is 0. The Labute approximate surface area is 78.3 Å². The van der Waals surface area contributed by atoms with Gasteiger partial charge in [0.15, 0.2) is 0 Å². The molecule has 2 nitrogen and oxygen atoms in total. The molecule has 66 valence electrons. The van der Waals surface area contributed by atoms with E-state index in [0.29, 0.717) is 11.6 Å². The summed E-state index contributed by atoms with van der Waals surface area (Å²) >= 11 is 0. The van der Waals surface area contributed by atoms with Gasteiger partial charge in [-0.3, -0.25) is 0 Å². The van der Waals surface area contributed by atoms with Gasteiger partial charge in [0.25, 0.3) is 0 Å². The van der Waals surface area contributed by atoms with Gasteiger partial charge < -0.3 is 0 Å². The number of nitrogens with zero attached hydrogens (tertiary/aromatic N) is 2. The minimum atomic E-state index is 0.667. The van der Waals surface area contributed by atoms with Gasteiger partial charge in [0.1, 0.15) is 11.8 Å². The van der Waals surface area contributed by atoms with Crippen molar-refractivity contribution in [2.45, 2.75) is 26.2 Å². The van der Waals surface area contributed by atoms with Gasteiger partial charge in [-0.2, -0.15) is 5.26 Å². The van der Waals surface area contributed by atoms with Crippen LogP contribution in [0.4, 0.5) is 0 Å². The summed E-state index contributed by atoms with van der Waals surface area (Å²) in [5.74, 6) is 0.667. The summed E-state index contributed by atoms with van der Waals surface area (Å²) < 4.78 is 0. The first-order chi connectivity index (χ1) is 6.35. The first kappa shape index (κ1) is 8.25. The predicted molar refractivity (Wildman–Crippen MR) is 52.2 cm³/mol. The van der Waals surface area contributed by atoms with E-state index in [1.807, 2.05) is 6.08 Å². The van der Waals surface area contributed by atoms with E-state index in [4.69, 9.17) is 5.26 Å². The lowest BCUT2D eigenvalue weighted by atomic mass is 10.2. The average Bonchev–Trinajstić information content (AvgIpc) is 2.83. The van der Waals surface area contributed by atoms with Crippen LogP contribution in [-0.4, -0.2) is 5.71 Å². The van der Waals surface area contributed by atoms with E-state index in [1.165, 1.54) is 12.0 Å². The molecule has 0 amide bonds. The highest BCUT2D eigenvalue weighted by molar-refractivity contribution is 5.99. The molecule has 1 unspecified atom stereocenters. The molecule has 0 radical (unpaired) electrons. The average molecular weight is 172 g/mol. The lowest BCUT2D eigenvalue weighted by molar-refractivity contribution is 0.994. The van der Waals surface area contributed by atoms with Gasteiger partial charge in [-0.1, -0.05) is 13.0 Å². The van der Waals surface area contributed by atoms with Gasteiger partial charge in [-0.15, -0.1) is 0 Å². The Morgan fingerprint density at radius 3 is 3.08 bits per heavy atom. The zero-order valence-corrected chi connectivity index (χ0v) is 7.75. The second-order valence-electron chi connectivity index (χ2n) is 3.50. The lowest BCUT2D eigenvalue weighted by Crippen LogP contribution is -1.93. The van der Waals surface area contributed by atoms with E-state index in [1.54, 1.807) is 0 Å².